The van der Waals surface area contributed by atoms with Crippen LogP contribution in [0.5, 0.6) is 0 Å². The molecule has 3 aromatic carbocycles. The second-order valence-corrected chi connectivity index (χ2v) is 11.9. The molecule has 44 heavy (non-hydrogen) atoms. The van der Waals surface area contributed by atoms with Crippen LogP contribution in [0.15, 0.2) is 94.8 Å². The van der Waals surface area contributed by atoms with E-state index >= 15 is 0 Å². The van der Waals surface area contributed by atoms with Crippen molar-refractivity contribution >= 4 is 63.7 Å². The maximum absolute atomic E-state index is 13.4. The Hall–Kier alpha value is -4.74. The van der Waals surface area contributed by atoms with E-state index in [0.29, 0.717) is 28.7 Å². The van der Waals surface area contributed by atoms with Crippen molar-refractivity contribution in [2.45, 2.75) is 37.3 Å². The maximum Gasteiger partial charge on any atom is 0.311 e. The van der Waals surface area contributed by atoms with Gasteiger partial charge in [-0.15, -0.1) is 23.1 Å². The molecule has 11 heteroatoms. The Kier molecular flexibility index (Phi) is 11.4. The van der Waals surface area contributed by atoms with E-state index in [4.69, 9.17) is 4.74 Å². The van der Waals surface area contributed by atoms with Crippen molar-refractivity contribution in [1.82, 2.24) is 10.3 Å². The molecule has 0 aliphatic rings. The zero-order valence-corrected chi connectivity index (χ0v) is 26.1. The number of thiazole rings is 1. The van der Waals surface area contributed by atoms with Crippen LogP contribution in [0.1, 0.15) is 41.0 Å². The monoisotopic (exact) mass is 628 g/mol. The average Bonchev–Trinajstić information content (AvgIpc) is 3.44. The number of carbonyl (C=O) groups excluding carboxylic acids is 4. The Morgan fingerprint density at radius 2 is 1.73 bits per heavy atom. The highest BCUT2D eigenvalue weighted by molar-refractivity contribution is 8.00. The van der Waals surface area contributed by atoms with Crippen molar-refractivity contribution in [2.24, 2.45) is 0 Å². The largest absolute Gasteiger partial charge is 0.466 e. The molecule has 1 unspecified atom stereocenters. The molecule has 3 N–H and O–H groups in total. The number of thioether (sulfide) groups is 1. The van der Waals surface area contributed by atoms with Crippen LogP contribution in [0, 0.1) is 6.92 Å². The van der Waals surface area contributed by atoms with Gasteiger partial charge >= 0.3 is 5.97 Å². The first-order valence-electron chi connectivity index (χ1n) is 13.8. The van der Waals surface area contributed by atoms with Crippen molar-refractivity contribution in [2.75, 3.05) is 17.2 Å². The summed E-state index contributed by atoms with van der Waals surface area (Å²) < 4.78 is 4.94. The molecule has 3 amide bonds. The Morgan fingerprint density at radius 3 is 2.48 bits per heavy atom. The second kappa shape index (κ2) is 15.6. The Labute approximate surface area is 264 Å². The van der Waals surface area contributed by atoms with Crippen LogP contribution in [-0.4, -0.2) is 40.5 Å². The van der Waals surface area contributed by atoms with Crippen LogP contribution in [-0.2, 0) is 25.5 Å². The van der Waals surface area contributed by atoms with E-state index in [1.54, 1.807) is 67.8 Å². The topological polar surface area (TPSA) is 126 Å². The maximum atomic E-state index is 13.4. The molecule has 1 heterocycles. The quantitative estimate of drug-likeness (QED) is 0.0985. The number of hydrogen-bond donors (Lipinski definition) is 3. The zero-order chi connectivity index (χ0) is 31.5. The van der Waals surface area contributed by atoms with Crippen LogP contribution in [0.2, 0.25) is 0 Å². The van der Waals surface area contributed by atoms with E-state index in [9.17, 15) is 19.2 Å². The second-order valence-electron chi connectivity index (χ2n) is 9.59. The van der Waals surface area contributed by atoms with Crippen molar-refractivity contribution in [3.05, 3.63) is 112 Å². The fourth-order valence-corrected chi connectivity index (χ4v) is 5.60. The highest BCUT2D eigenvalue weighted by Gasteiger charge is 2.19. The summed E-state index contributed by atoms with van der Waals surface area (Å²) >= 11 is 2.55. The predicted octanol–water partition coefficient (Wildman–Crippen LogP) is 6.09. The first-order chi connectivity index (χ1) is 21.2. The number of aryl methyl sites for hydroxylation is 1. The van der Waals surface area contributed by atoms with Gasteiger partial charge in [-0.2, -0.15) is 0 Å². The molecule has 226 valence electrons. The number of esters is 1. The van der Waals surface area contributed by atoms with Gasteiger partial charge in [0.1, 0.15) is 5.70 Å². The van der Waals surface area contributed by atoms with Crippen LogP contribution in [0.4, 0.5) is 10.8 Å². The van der Waals surface area contributed by atoms with Crippen molar-refractivity contribution in [3.63, 3.8) is 0 Å². The highest BCUT2D eigenvalue weighted by atomic mass is 32.2. The molecule has 0 radical (unpaired) electrons. The Balaban J connectivity index is 1.42. The minimum Gasteiger partial charge on any atom is -0.466 e. The van der Waals surface area contributed by atoms with Gasteiger partial charge < -0.3 is 20.7 Å². The molecule has 1 atom stereocenters. The third-order valence-corrected chi connectivity index (χ3v) is 8.10. The minimum absolute atomic E-state index is 0.0425. The number of nitrogens with zero attached hydrogens (tertiary/aromatic N) is 1. The molecular weight excluding hydrogens is 597 g/mol. The van der Waals surface area contributed by atoms with Gasteiger partial charge in [0.2, 0.25) is 5.91 Å². The number of carbonyl (C=O) groups is 4. The number of anilines is 2. The summed E-state index contributed by atoms with van der Waals surface area (Å²) in [6.45, 7) is 5.72. The number of amides is 3. The van der Waals surface area contributed by atoms with Crippen molar-refractivity contribution in [1.29, 1.82) is 0 Å². The molecule has 0 saturated heterocycles. The number of aromatic nitrogens is 1. The molecule has 1 aromatic heterocycles. The normalized spacial score (nSPS) is 11.8. The third kappa shape index (κ3) is 9.38. The number of benzene rings is 3. The smallest absolute Gasteiger partial charge is 0.311 e. The lowest BCUT2D eigenvalue weighted by atomic mass is 10.1. The number of nitrogens with one attached hydrogen (secondary N) is 3. The van der Waals surface area contributed by atoms with Crippen molar-refractivity contribution in [3.8, 4) is 0 Å². The molecule has 4 rings (SSSR count). The van der Waals surface area contributed by atoms with Gasteiger partial charge in [-0.1, -0.05) is 48.5 Å². The van der Waals surface area contributed by atoms with Gasteiger partial charge in [-0.25, -0.2) is 4.98 Å². The Morgan fingerprint density at radius 1 is 0.977 bits per heavy atom. The van der Waals surface area contributed by atoms with E-state index in [1.807, 2.05) is 43.3 Å². The molecule has 0 saturated carbocycles. The molecule has 4 aromatic rings. The van der Waals surface area contributed by atoms with E-state index < -0.39 is 17.1 Å². The lowest BCUT2D eigenvalue weighted by Gasteiger charge is -2.14. The van der Waals surface area contributed by atoms with Crippen molar-refractivity contribution < 1.29 is 23.9 Å². The summed E-state index contributed by atoms with van der Waals surface area (Å²) in [5, 5.41) is 10.0. The SMILES string of the molecule is CCOC(=O)Cc1csc(NC(=O)C(C)Sc2cccc(NC(=O)/C(=C/c3ccccc3C)NC(=O)c3ccccc3)c2)n1. The van der Waals surface area contributed by atoms with Gasteiger partial charge in [0, 0.05) is 21.5 Å². The van der Waals surface area contributed by atoms with E-state index in [1.165, 1.54) is 23.1 Å². The molecule has 0 aliphatic heterocycles. The Bertz CT molecular complexity index is 1670. The van der Waals surface area contributed by atoms with Crippen LogP contribution in [0.3, 0.4) is 0 Å². The summed E-state index contributed by atoms with van der Waals surface area (Å²) in [5.41, 5.74) is 3.29. The van der Waals surface area contributed by atoms with E-state index in [-0.39, 0.29) is 24.0 Å². The summed E-state index contributed by atoms with van der Waals surface area (Å²) in [4.78, 5) is 56.0. The number of ether oxygens (including phenoxy) is 1. The lowest BCUT2D eigenvalue weighted by Crippen LogP contribution is -2.30. The van der Waals surface area contributed by atoms with Crippen LogP contribution < -0.4 is 16.0 Å². The summed E-state index contributed by atoms with van der Waals surface area (Å²) in [6.07, 6.45) is 1.69. The molecule has 0 bridgehead atoms. The molecule has 0 aliphatic carbocycles. The first kappa shape index (κ1) is 32.2. The van der Waals surface area contributed by atoms with Crippen LogP contribution in [0.25, 0.3) is 6.08 Å². The molecular formula is C33H32N4O5S2. The summed E-state index contributed by atoms with van der Waals surface area (Å²) in [6, 6.07) is 23.3. The molecule has 9 nitrogen and oxygen atoms in total. The zero-order valence-electron chi connectivity index (χ0n) is 24.5. The fraction of sp³-hybridized carbons (Fsp3) is 0.182. The number of rotatable bonds is 12. The van der Waals surface area contributed by atoms with Gasteiger partial charge in [-0.05, 0) is 68.3 Å². The van der Waals surface area contributed by atoms with Gasteiger partial charge in [0.05, 0.1) is 24.0 Å². The van der Waals surface area contributed by atoms with E-state index in [0.717, 1.165) is 16.0 Å². The van der Waals surface area contributed by atoms with Gasteiger partial charge in [-0.3, -0.25) is 19.2 Å². The van der Waals surface area contributed by atoms with E-state index in [2.05, 4.69) is 20.9 Å². The van der Waals surface area contributed by atoms with Crippen LogP contribution >= 0.6 is 23.1 Å². The summed E-state index contributed by atoms with van der Waals surface area (Å²) in [5.74, 6) is -1.53. The fourth-order valence-electron chi connectivity index (χ4n) is 3.96. The predicted molar refractivity (Wildman–Crippen MR) is 175 cm³/mol. The summed E-state index contributed by atoms with van der Waals surface area (Å²) in [7, 11) is 0. The standard InChI is InChI=1S/C33H32N4O5S2/c1-4-42-29(38)19-26-20-43-33(35-26)37-30(39)22(3)44-27-16-10-15-25(18-27)34-32(41)28(17-24-14-9-8-11-21(24)2)36-31(40)23-12-6-5-7-13-23/h5-18,20,22H,4,19H2,1-3H3,(H,34,41)(H,36,40)(H,35,37,39)/b28-17-. The third-order valence-electron chi connectivity index (χ3n) is 6.20. The number of hydrogen-bond acceptors (Lipinski definition) is 8. The molecule has 0 spiro atoms. The lowest BCUT2D eigenvalue weighted by molar-refractivity contribution is -0.142. The highest BCUT2D eigenvalue weighted by Crippen LogP contribution is 2.27. The average molecular weight is 629 g/mol. The first-order valence-corrected chi connectivity index (χ1v) is 15.6. The molecule has 0 fully saturated rings. The van der Waals surface area contributed by atoms with Gasteiger partial charge in [0.25, 0.3) is 11.8 Å². The minimum atomic E-state index is -0.493. The van der Waals surface area contributed by atoms with Gasteiger partial charge in [0.15, 0.2) is 5.13 Å².